The summed E-state index contributed by atoms with van der Waals surface area (Å²) in [4.78, 5) is 23.1. The summed E-state index contributed by atoms with van der Waals surface area (Å²) in [7, 11) is 0. The van der Waals surface area contributed by atoms with E-state index in [1.165, 1.54) is 12.5 Å². The van der Waals surface area contributed by atoms with Crippen molar-refractivity contribution in [1.29, 1.82) is 0 Å². The van der Waals surface area contributed by atoms with Gasteiger partial charge in [0, 0.05) is 0 Å². The van der Waals surface area contributed by atoms with E-state index in [4.69, 9.17) is 9.47 Å². The molecule has 0 saturated heterocycles. The molecule has 4 nitrogen and oxygen atoms in total. The number of ether oxygens (including phenoxy) is 2. The first-order valence-electron chi connectivity index (χ1n) is 7.41. The van der Waals surface area contributed by atoms with Gasteiger partial charge in [-0.3, -0.25) is 9.59 Å². The summed E-state index contributed by atoms with van der Waals surface area (Å²) in [5.41, 5.74) is 1.20. The summed E-state index contributed by atoms with van der Waals surface area (Å²) in [6.45, 7) is 6.09. The quantitative estimate of drug-likeness (QED) is 0.398. The molecule has 0 aliphatic carbocycles. The lowest BCUT2D eigenvalue weighted by Crippen LogP contribution is -2.24. The Bertz CT molecular complexity index is 450. The van der Waals surface area contributed by atoms with Crippen LogP contribution >= 0.6 is 0 Å². The zero-order valence-electron chi connectivity index (χ0n) is 13.1. The molecule has 0 aliphatic heterocycles. The van der Waals surface area contributed by atoms with Crippen LogP contribution in [0, 0.1) is 12.8 Å². The number of benzene rings is 1. The number of aryl methyl sites for hydroxylation is 1. The van der Waals surface area contributed by atoms with Gasteiger partial charge in [0.1, 0.15) is 17.5 Å². The maximum atomic E-state index is 11.6. The molecular formula is C17H24O4. The molecular weight excluding hydrogens is 268 g/mol. The summed E-state index contributed by atoms with van der Waals surface area (Å²) >= 11 is 0. The molecule has 0 radical (unpaired) electrons. The number of ketones is 1. The minimum atomic E-state index is -0.635. The summed E-state index contributed by atoms with van der Waals surface area (Å²) in [5, 5.41) is 0. The van der Waals surface area contributed by atoms with Crippen LogP contribution in [0.15, 0.2) is 24.3 Å². The molecule has 116 valence electrons. The third-order valence-corrected chi connectivity index (χ3v) is 3.24. The van der Waals surface area contributed by atoms with Gasteiger partial charge in [-0.15, -0.1) is 0 Å². The van der Waals surface area contributed by atoms with E-state index in [9.17, 15) is 9.59 Å². The van der Waals surface area contributed by atoms with Crippen LogP contribution in [0.3, 0.4) is 0 Å². The van der Waals surface area contributed by atoms with Gasteiger partial charge in [0.25, 0.3) is 0 Å². The van der Waals surface area contributed by atoms with Crippen molar-refractivity contribution in [3.8, 4) is 5.75 Å². The molecule has 1 aromatic rings. The van der Waals surface area contributed by atoms with Gasteiger partial charge in [-0.05, 0) is 52.2 Å². The fourth-order valence-corrected chi connectivity index (χ4v) is 2.00. The average Bonchev–Trinajstić information content (AvgIpc) is 2.44. The summed E-state index contributed by atoms with van der Waals surface area (Å²) in [6, 6.07) is 7.88. The highest BCUT2D eigenvalue weighted by atomic mass is 16.5. The van der Waals surface area contributed by atoms with E-state index in [0.29, 0.717) is 19.6 Å². The van der Waals surface area contributed by atoms with Crippen LogP contribution in [0.5, 0.6) is 5.75 Å². The standard InChI is InChI=1S/C17H24O4/c1-4-20-17(19)16(14(3)18)7-5-6-12-21-15-10-8-13(2)9-11-15/h8-11,16H,4-7,12H2,1-3H3. The van der Waals surface area contributed by atoms with Crippen molar-refractivity contribution in [2.45, 2.75) is 40.0 Å². The summed E-state index contributed by atoms with van der Waals surface area (Å²) in [6.07, 6.45) is 2.08. The summed E-state index contributed by atoms with van der Waals surface area (Å²) < 4.78 is 10.5. The van der Waals surface area contributed by atoms with Crippen molar-refractivity contribution in [3.05, 3.63) is 29.8 Å². The zero-order valence-corrected chi connectivity index (χ0v) is 13.1. The van der Waals surface area contributed by atoms with Crippen molar-refractivity contribution in [3.63, 3.8) is 0 Å². The van der Waals surface area contributed by atoms with Crippen LogP contribution in [0.1, 0.15) is 38.7 Å². The number of unbranched alkanes of at least 4 members (excludes halogenated alkanes) is 1. The van der Waals surface area contributed by atoms with Gasteiger partial charge in [-0.2, -0.15) is 0 Å². The van der Waals surface area contributed by atoms with Gasteiger partial charge in [0.05, 0.1) is 13.2 Å². The number of hydrogen-bond acceptors (Lipinski definition) is 4. The van der Waals surface area contributed by atoms with E-state index in [-0.39, 0.29) is 5.78 Å². The summed E-state index contributed by atoms with van der Waals surface area (Å²) in [5.74, 6) is -0.337. The van der Waals surface area contributed by atoms with Gasteiger partial charge in [0.2, 0.25) is 0 Å². The smallest absolute Gasteiger partial charge is 0.316 e. The third kappa shape index (κ3) is 6.43. The van der Waals surface area contributed by atoms with Gasteiger partial charge in [-0.25, -0.2) is 0 Å². The fourth-order valence-electron chi connectivity index (χ4n) is 2.00. The lowest BCUT2D eigenvalue weighted by molar-refractivity contribution is -0.151. The number of esters is 1. The molecule has 0 saturated carbocycles. The molecule has 0 bridgehead atoms. The SMILES string of the molecule is CCOC(=O)C(CCCCOc1ccc(C)cc1)C(C)=O. The predicted octanol–water partition coefficient (Wildman–Crippen LogP) is 3.31. The Morgan fingerprint density at radius 1 is 1.14 bits per heavy atom. The first-order chi connectivity index (χ1) is 10.0. The molecule has 0 spiro atoms. The average molecular weight is 292 g/mol. The third-order valence-electron chi connectivity index (χ3n) is 3.24. The van der Waals surface area contributed by atoms with Gasteiger partial charge in [-0.1, -0.05) is 17.7 Å². The highest BCUT2D eigenvalue weighted by molar-refractivity contribution is 5.97. The lowest BCUT2D eigenvalue weighted by Gasteiger charge is -2.12. The van der Waals surface area contributed by atoms with Crippen LogP contribution in [0.2, 0.25) is 0 Å². The van der Waals surface area contributed by atoms with Gasteiger partial charge >= 0.3 is 5.97 Å². The minimum absolute atomic E-state index is 0.132. The fraction of sp³-hybridized carbons (Fsp3) is 0.529. The molecule has 1 aromatic carbocycles. The van der Waals surface area contributed by atoms with E-state index in [1.807, 2.05) is 31.2 Å². The Morgan fingerprint density at radius 2 is 1.81 bits per heavy atom. The molecule has 0 aromatic heterocycles. The number of hydrogen-bond donors (Lipinski definition) is 0. The molecule has 0 aliphatic rings. The van der Waals surface area contributed by atoms with Crippen molar-refractivity contribution < 1.29 is 19.1 Å². The molecule has 4 heteroatoms. The number of carbonyl (C=O) groups is 2. The minimum Gasteiger partial charge on any atom is -0.494 e. The van der Waals surface area contributed by atoms with E-state index < -0.39 is 11.9 Å². The molecule has 1 atom stereocenters. The first kappa shape index (κ1) is 17.2. The Hall–Kier alpha value is -1.84. The van der Waals surface area contributed by atoms with E-state index in [0.717, 1.165) is 18.6 Å². The van der Waals surface area contributed by atoms with Crippen LogP contribution < -0.4 is 4.74 Å². The molecule has 1 rings (SSSR count). The highest BCUT2D eigenvalue weighted by Crippen LogP contribution is 2.14. The Kier molecular flexibility index (Phi) is 7.51. The van der Waals surface area contributed by atoms with Gasteiger partial charge < -0.3 is 9.47 Å². The monoisotopic (exact) mass is 292 g/mol. The Labute approximate surface area is 126 Å². The number of rotatable bonds is 9. The molecule has 1 unspecified atom stereocenters. The molecule has 0 amide bonds. The van der Waals surface area contributed by atoms with Crippen molar-refractivity contribution in [1.82, 2.24) is 0 Å². The predicted molar refractivity (Wildman–Crippen MR) is 81.3 cm³/mol. The molecule has 0 fully saturated rings. The van der Waals surface area contributed by atoms with Crippen LogP contribution in [-0.4, -0.2) is 25.0 Å². The maximum absolute atomic E-state index is 11.6. The van der Waals surface area contributed by atoms with Crippen molar-refractivity contribution in [2.75, 3.05) is 13.2 Å². The van der Waals surface area contributed by atoms with E-state index in [1.54, 1.807) is 6.92 Å². The largest absolute Gasteiger partial charge is 0.494 e. The molecule has 0 N–H and O–H groups in total. The van der Waals surface area contributed by atoms with Crippen LogP contribution in [-0.2, 0) is 14.3 Å². The molecule has 21 heavy (non-hydrogen) atoms. The highest BCUT2D eigenvalue weighted by Gasteiger charge is 2.23. The second kappa shape index (κ2) is 9.16. The van der Waals surface area contributed by atoms with E-state index in [2.05, 4.69) is 0 Å². The Morgan fingerprint density at radius 3 is 2.38 bits per heavy atom. The van der Waals surface area contributed by atoms with Crippen LogP contribution in [0.4, 0.5) is 0 Å². The second-order valence-corrected chi connectivity index (χ2v) is 5.07. The topological polar surface area (TPSA) is 52.6 Å². The normalized spacial score (nSPS) is 11.8. The second-order valence-electron chi connectivity index (χ2n) is 5.07. The van der Waals surface area contributed by atoms with Crippen molar-refractivity contribution >= 4 is 11.8 Å². The number of carbonyl (C=O) groups excluding carboxylic acids is 2. The van der Waals surface area contributed by atoms with Gasteiger partial charge in [0.15, 0.2) is 0 Å². The zero-order chi connectivity index (χ0) is 15.7. The molecule has 0 heterocycles. The van der Waals surface area contributed by atoms with Crippen LogP contribution in [0.25, 0.3) is 0 Å². The lowest BCUT2D eigenvalue weighted by atomic mass is 9.98. The first-order valence-corrected chi connectivity index (χ1v) is 7.41. The van der Waals surface area contributed by atoms with E-state index >= 15 is 0 Å². The number of Topliss-reactive ketones (excluding diaryl/α,β-unsaturated/α-hetero) is 1. The maximum Gasteiger partial charge on any atom is 0.316 e. The Balaban J connectivity index is 2.26. The van der Waals surface area contributed by atoms with Crippen molar-refractivity contribution in [2.24, 2.45) is 5.92 Å².